The van der Waals surface area contributed by atoms with Gasteiger partial charge in [0, 0.05) is 22.3 Å². The van der Waals surface area contributed by atoms with E-state index in [9.17, 15) is 24.3 Å². The zero-order chi connectivity index (χ0) is 26.8. The monoisotopic (exact) mass is 516 g/mol. The molecule has 10 nitrogen and oxygen atoms in total. The molecule has 4 heterocycles. The summed E-state index contributed by atoms with van der Waals surface area (Å²) in [6.07, 6.45) is 0.120. The summed E-state index contributed by atoms with van der Waals surface area (Å²) >= 11 is 0. The zero-order valence-electron chi connectivity index (χ0n) is 21.6. The highest BCUT2D eigenvalue weighted by Crippen LogP contribution is 2.74. The van der Waals surface area contributed by atoms with Gasteiger partial charge in [0.15, 0.2) is 0 Å². The highest BCUT2D eigenvalue weighted by molar-refractivity contribution is 5.98. The number of Topliss-reactive ketones (excluding diaryl/α,β-unsaturated/α-hetero) is 1. The number of rotatable bonds is 3. The number of ether oxygens (including phenoxy) is 4. The Balaban J connectivity index is 1.52. The molecule has 5 aliphatic rings. The Morgan fingerprint density at radius 2 is 1.86 bits per heavy atom. The van der Waals surface area contributed by atoms with Crippen LogP contribution in [0.15, 0.2) is 23.0 Å². The van der Waals surface area contributed by atoms with E-state index < -0.39 is 75.5 Å². The highest BCUT2D eigenvalue weighted by Gasteiger charge is 2.86. The fourth-order valence-corrected chi connectivity index (χ4v) is 8.59. The normalized spacial score (nSPS) is 47.4. The fourth-order valence-electron chi connectivity index (χ4n) is 8.59. The van der Waals surface area contributed by atoms with Gasteiger partial charge in [-0.25, -0.2) is 4.79 Å². The van der Waals surface area contributed by atoms with Crippen molar-refractivity contribution >= 4 is 23.7 Å². The lowest BCUT2D eigenvalue weighted by molar-refractivity contribution is -0.246. The fraction of sp³-hybridized carbons (Fsp3) is 0.704. The van der Waals surface area contributed by atoms with E-state index >= 15 is 0 Å². The number of carbonyl (C=O) groups is 4. The van der Waals surface area contributed by atoms with E-state index in [0.29, 0.717) is 12.0 Å². The number of cyclic esters (lactones) is 2. The maximum Gasteiger partial charge on any atom is 0.347 e. The Labute approximate surface area is 213 Å². The number of aliphatic hydroxyl groups is 1. The van der Waals surface area contributed by atoms with E-state index in [0.717, 1.165) is 0 Å². The first-order chi connectivity index (χ1) is 17.3. The minimum absolute atomic E-state index is 0.0893. The van der Waals surface area contributed by atoms with E-state index in [1.54, 1.807) is 33.8 Å². The summed E-state index contributed by atoms with van der Waals surface area (Å²) in [5.41, 5.74) is -6.21. The van der Waals surface area contributed by atoms with Crippen LogP contribution in [0.5, 0.6) is 0 Å². The van der Waals surface area contributed by atoms with Crippen molar-refractivity contribution in [2.24, 2.45) is 28.1 Å². The summed E-state index contributed by atoms with van der Waals surface area (Å²) in [6.45, 7) is 8.61. The summed E-state index contributed by atoms with van der Waals surface area (Å²) in [4.78, 5) is 53.7. The van der Waals surface area contributed by atoms with Crippen LogP contribution in [0.25, 0.3) is 0 Å². The predicted molar refractivity (Wildman–Crippen MR) is 122 cm³/mol. The van der Waals surface area contributed by atoms with Crippen LogP contribution >= 0.6 is 0 Å². The van der Waals surface area contributed by atoms with E-state index in [2.05, 4.69) is 0 Å². The first-order valence-corrected chi connectivity index (χ1v) is 12.8. The largest absolute Gasteiger partial charge is 0.472 e. The van der Waals surface area contributed by atoms with Crippen LogP contribution in [0.1, 0.15) is 65.5 Å². The van der Waals surface area contributed by atoms with Crippen molar-refractivity contribution in [3.05, 3.63) is 24.2 Å². The lowest BCUT2D eigenvalue weighted by Gasteiger charge is -2.52. The quantitative estimate of drug-likeness (QED) is 0.470. The van der Waals surface area contributed by atoms with Gasteiger partial charge in [0.2, 0.25) is 6.10 Å². The van der Waals surface area contributed by atoms with Crippen LogP contribution < -0.4 is 0 Å². The number of fused-ring (bicyclic) bond motifs is 4. The van der Waals surface area contributed by atoms with Gasteiger partial charge in [0.25, 0.3) is 0 Å². The lowest BCUT2D eigenvalue weighted by atomic mass is 9.48. The molecular weight excluding hydrogens is 484 g/mol. The lowest BCUT2D eigenvalue weighted by Crippen LogP contribution is -2.66. The Bertz CT molecular complexity index is 1200. The van der Waals surface area contributed by atoms with Gasteiger partial charge in [0.1, 0.15) is 28.5 Å². The number of esters is 3. The van der Waals surface area contributed by atoms with Gasteiger partial charge < -0.3 is 28.5 Å². The van der Waals surface area contributed by atoms with Crippen molar-refractivity contribution in [1.82, 2.24) is 0 Å². The van der Waals surface area contributed by atoms with Gasteiger partial charge in [-0.1, -0.05) is 20.8 Å². The van der Waals surface area contributed by atoms with Gasteiger partial charge in [-0.2, -0.15) is 0 Å². The SMILES string of the molecule is CCOC(=O)[C@H]1OC(=O)[C@@]2(C)[C@H]3O[C@]45CC(=O)O[C@@H](c6ccoc6)[C@]4(C)CC[C@]5(O)[C@H]3C(=O)C(C)(C)[C@H]12. The molecule has 1 spiro atoms. The first kappa shape index (κ1) is 24.6. The van der Waals surface area contributed by atoms with E-state index in [1.165, 1.54) is 12.5 Å². The highest BCUT2D eigenvalue weighted by atomic mass is 16.6. The second-order valence-electron chi connectivity index (χ2n) is 12.2. The zero-order valence-corrected chi connectivity index (χ0v) is 21.6. The average molecular weight is 517 g/mol. The molecule has 1 N–H and O–H groups in total. The van der Waals surface area contributed by atoms with E-state index in [1.807, 2.05) is 6.92 Å². The Kier molecular flexibility index (Phi) is 4.81. The van der Waals surface area contributed by atoms with Crippen LogP contribution in [-0.4, -0.2) is 58.8 Å². The summed E-state index contributed by atoms with van der Waals surface area (Å²) in [6, 6.07) is 1.70. The number of carbonyl (C=O) groups excluding carboxylic acids is 4. The van der Waals surface area contributed by atoms with Crippen LogP contribution in [0.4, 0.5) is 0 Å². The molecule has 37 heavy (non-hydrogen) atoms. The number of hydrogen-bond donors (Lipinski definition) is 1. The molecule has 200 valence electrons. The van der Waals surface area contributed by atoms with E-state index in [-0.39, 0.29) is 25.2 Å². The number of furan rings is 1. The molecule has 1 aromatic rings. The summed E-state index contributed by atoms with van der Waals surface area (Å²) in [5.74, 6) is -4.28. The molecule has 9 atom stereocenters. The van der Waals surface area contributed by atoms with Crippen LogP contribution in [-0.2, 0) is 38.1 Å². The molecule has 0 radical (unpaired) electrons. The molecule has 0 amide bonds. The predicted octanol–water partition coefficient (Wildman–Crippen LogP) is 2.27. The number of hydrogen-bond acceptors (Lipinski definition) is 10. The van der Waals surface area contributed by atoms with Crippen molar-refractivity contribution in [3.8, 4) is 0 Å². The molecule has 2 aliphatic carbocycles. The maximum absolute atomic E-state index is 14.3. The topological polar surface area (TPSA) is 139 Å². The number of ketones is 1. The molecule has 0 aromatic carbocycles. The smallest absolute Gasteiger partial charge is 0.347 e. The Hall–Kier alpha value is -2.72. The van der Waals surface area contributed by atoms with Crippen molar-refractivity contribution < 1.29 is 47.6 Å². The van der Waals surface area contributed by atoms with Gasteiger partial charge in [-0.05, 0) is 32.8 Å². The minimum atomic E-state index is -1.74. The molecule has 6 rings (SSSR count). The summed E-state index contributed by atoms with van der Waals surface area (Å²) < 4.78 is 28.6. The Morgan fingerprint density at radius 1 is 1.14 bits per heavy atom. The first-order valence-electron chi connectivity index (χ1n) is 12.8. The molecule has 0 unspecified atom stereocenters. The molecule has 5 fully saturated rings. The van der Waals surface area contributed by atoms with E-state index in [4.69, 9.17) is 23.4 Å². The molecule has 10 heteroatoms. The molecule has 2 saturated carbocycles. The Morgan fingerprint density at radius 3 is 2.51 bits per heavy atom. The third-order valence-electron chi connectivity index (χ3n) is 10.3. The van der Waals surface area contributed by atoms with Crippen molar-refractivity contribution in [1.29, 1.82) is 0 Å². The third kappa shape index (κ3) is 2.58. The van der Waals surface area contributed by atoms with Crippen molar-refractivity contribution in [3.63, 3.8) is 0 Å². The molecule has 0 bridgehead atoms. The molecule has 3 saturated heterocycles. The second-order valence-corrected chi connectivity index (χ2v) is 12.2. The molecule has 1 aromatic heterocycles. The minimum Gasteiger partial charge on any atom is -0.472 e. The molecular formula is C27H32O10. The van der Waals surface area contributed by atoms with Crippen LogP contribution in [0.2, 0.25) is 0 Å². The van der Waals surface area contributed by atoms with Crippen LogP contribution in [0.3, 0.4) is 0 Å². The summed E-state index contributed by atoms with van der Waals surface area (Å²) in [5, 5.41) is 12.5. The van der Waals surface area contributed by atoms with Gasteiger partial charge in [-0.15, -0.1) is 0 Å². The van der Waals surface area contributed by atoms with Gasteiger partial charge >= 0.3 is 17.9 Å². The second kappa shape index (κ2) is 7.22. The van der Waals surface area contributed by atoms with Gasteiger partial charge in [-0.3, -0.25) is 14.4 Å². The molecule has 3 aliphatic heterocycles. The summed E-state index contributed by atoms with van der Waals surface area (Å²) in [7, 11) is 0. The van der Waals surface area contributed by atoms with Gasteiger partial charge in [0.05, 0.1) is 37.6 Å². The standard InChI is InChI=1S/C27H32O10/c1-6-34-21(30)16-17-23(2,3)18(29)15-20(25(17,5)22(31)36-16)37-27-11-14(28)35-19(13-7-10-33-12-13)24(27,4)8-9-26(15,27)32/h7,10,12,15-17,19-20,32H,6,8-9,11H2,1-5H3/t15-,16-,17-,19-,20-,24-,25+,26-,27+/m0/s1. The van der Waals surface area contributed by atoms with Crippen molar-refractivity contribution in [2.45, 2.75) is 83.4 Å². The van der Waals surface area contributed by atoms with Crippen molar-refractivity contribution in [2.75, 3.05) is 6.61 Å². The average Bonchev–Trinajstić information content (AvgIpc) is 3.55. The third-order valence-corrected chi connectivity index (χ3v) is 10.3. The van der Waals surface area contributed by atoms with Crippen LogP contribution in [0, 0.1) is 28.1 Å². The maximum atomic E-state index is 14.3.